The van der Waals surface area contributed by atoms with Gasteiger partial charge in [-0.1, -0.05) is 12.1 Å². The molecule has 0 spiro atoms. The Morgan fingerprint density at radius 2 is 2.00 bits per heavy atom. The standard InChI is InChI=1S/C14H16N2OS/c1-10(2)16-14(17)12(9-15)8-11-4-6-13(18-3)7-5-11/h4-8,10H,1-3H3,(H,16,17)/b12-8-. The van der Waals surface area contributed by atoms with Crippen molar-refractivity contribution < 1.29 is 4.79 Å². The van der Waals surface area contributed by atoms with Crippen LogP contribution in [0.4, 0.5) is 0 Å². The van der Waals surface area contributed by atoms with Crippen LogP contribution >= 0.6 is 11.8 Å². The molecule has 94 valence electrons. The van der Waals surface area contributed by atoms with Crippen LogP contribution in [0, 0.1) is 11.3 Å². The molecule has 1 aromatic rings. The first-order valence-electron chi connectivity index (χ1n) is 5.63. The Hall–Kier alpha value is -1.73. The number of hydrogen-bond donors (Lipinski definition) is 1. The van der Waals surface area contributed by atoms with E-state index >= 15 is 0 Å². The van der Waals surface area contributed by atoms with Crippen molar-refractivity contribution in [3.05, 3.63) is 35.4 Å². The summed E-state index contributed by atoms with van der Waals surface area (Å²) in [4.78, 5) is 12.9. The Labute approximate surface area is 112 Å². The summed E-state index contributed by atoms with van der Waals surface area (Å²) in [6, 6.07) is 9.67. The zero-order valence-corrected chi connectivity index (χ0v) is 11.5. The number of benzene rings is 1. The quantitative estimate of drug-likeness (QED) is 0.514. The van der Waals surface area contributed by atoms with E-state index in [1.165, 1.54) is 0 Å². The zero-order valence-electron chi connectivity index (χ0n) is 10.7. The molecule has 0 heterocycles. The van der Waals surface area contributed by atoms with Crippen LogP contribution < -0.4 is 5.32 Å². The van der Waals surface area contributed by atoms with Gasteiger partial charge >= 0.3 is 0 Å². The first kappa shape index (κ1) is 14.3. The van der Waals surface area contributed by atoms with Gasteiger partial charge in [0.2, 0.25) is 0 Å². The van der Waals surface area contributed by atoms with E-state index in [9.17, 15) is 4.79 Å². The summed E-state index contributed by atoms with van der Waals surface area (Å²) >= 11 is 1.65. The van der Waals surface area contributed by atoms with Crippen LogP contribution in [0.3, 0.4) is 0 Å². The Morgan fingerprint density at radius 3 is 2.44 bits per heavy atom. The van der Waals surface area contributed by atoms with Crippen LogP contribution in [0.1, 0.15) is 19.4 Å². The fourth-order valence-corrected chi connectivity index (χ4v) is 1.76. The van der Waals surface area contributed by atoms with Crippen LogP contribution in [0.25, 0.3) is 6.08 Å². The highest BCUT2D eigenvalue weighted by Gasteiger charge is 2.09. The van der Waals surface area contributed by atoms with E-state index in [1.54, 1.807) is 17.8 Å². The molecule has 1 rings (SSSR count). The second kappa shape index (κ2) is 6.87. The summed E-state index contributed by atoms with van der Waals surface area (Å²) in [6.45, 7) is 3.72. The number of nitrogens with zero attached hydrogens (tertiary/aromatic N) is 1. The van der Waals surface area contributed by atoms with Crippen molar-refractivity contribution in [2.24, 2.45) is 0 Å². The highest BCUT2D eigenvalue weighted by molar-refractivity contribution is 7.98. The van der Waals surface area contributed by atoms with E-state index in [4.69, 9.17) is 5.26 Å². The van der Waals surface area contributed by atoms with Gasteiger partial charge < -0.3 is 5.32 Å². The first-order chi connectivity index (χ1) is 8.56. The number of carbonyl (C=O) groups is 1. The van der Waals surface area contributed by atoms with E-state index in [-0.39, 0.29) is 17.5 Å². The number of hydrogen-bond acceptors (Lipinski definition) is 3. The Bertz CT molecular complexity index is 484. The molecule has 3 nitrogen and oxygen atoms in total. The van der Waals surface area contributed by atoms with Crippen molar-refractivity contribution in [3.8, 4) is 6.07 Å². The van der Waals surface area contributed by atoms with Crippen molar-refractivity contribution in [3.63, 3.8) is 0 Å². The molecule has 0 aliphatic carbocycles. The number of nitrogens with one attached hydrogen (secondary N) is 1. The van der Waals surface area contributed by atoms with Crippen molar-refractivity contribution in [1.29, 1.82) is 5.26 Å². The molecular weight excluding hydrogens is 244 g/mol. The molecule has 0 saturated heterocycles. The average Bonchev–Trinajstić information content (AvgIpc) is 2.35. The minimum atomic E-state index is -0.332. The summed E-state index contributed by atoms with van der Waals surface area (Å²) in [5.74, 6) is -0.332. The van der Waals surface area contributed by atoms with E-state index < -0.39 is 0 Å². The van der Waals surface area contributed by atoms with Crippen LogP contribution in [0.2, 0.25) is 0 Å². The molecule has 0 unspecified atom stereocenters. The van der Waals surface area contributed by atoms with Gasteiger partial charge in [0.1, 0.15) is 11.6 Å². The first-order valence-corrected chi connectivity index (χ1v) is 6.86. The van der Waals surface area contributed by atoms with Gasteiger partial charge in [0, 0.05) is 10.9 Å². The van der Waals surface area contributed by atoms with Crippen molar-refractivity contribution in [2.75, 3.05) is 6.26 Å². The minimum Gasteiger partial charge on any atom is -0.349 e. The average molecular weight is 260 g/mol. The normalized spacial score (nSPS) is 11.2. The summed E-state index contributed by atoms with van der Waals surface area (Å²) in [5.41, 5.74) is 0.976. The topological polar surface area (TPSA) is 52.9 Å². The predicted molar refractivity (Wildman–Crippen MR) is 75.1 cm³/mol. The third kappa shape index (κ3) is 4.27. The Morgan fingerprint density at radius 1 is 1.39 bits per heavy atom. The zero-order chi connectivity index (χ0) is 13.5. The maximum atomic E-state index is 11.7. The fourth-order valence-electron chi connectivity index (χ4n) is 1.36. The summed E-state index contributed by atoms with van der Waals surface area (Å²) < 4.78 is 0. The molecule has 18 heavy (non-hydrogen) atoms. The van der Waals surface area contributed by atoms with Gasteiger partial charge in [-0.3, -0.25) is 4.79 Å². The molecule has 0 atom stereocenters. The molecule has 0 fully saturated rings. The van der Waals surface area contributed by atoms with Crippen molar-refractivity contribution in [2.45, 2.75) is 24.8 Å². The number of nitriles is 1. The van der Waals surface area contributed by atoms with Gasteiger partial charge in [-0.25, -0.2) is 0 Å². The van der Waals surface area contributed by atoms with Gasteiger partial charge in [-0.05, 0) is 43.9 Å². The molecule has 0 radical (unpaired) electrons. The molecule has 1 N–H and O–H groups in total. The Balaban J connectivity index is 2.90. The van der Waals surface area contributed by atoms with Crippen molar-refractivity contribution in [1.82, 2.24) is 5.32 Å². The lowest BCUT2D eigenvalue weighted by Crippen LogP contribution is -2.30. The summed E-state index contributed by atoms with van der Waals surface area (Å²) in [7, 11) is 0. The summed E-state index contributed by atoms with van der Waals surface area (Å²) in [5, 5.41) is 11.7. The third-order valence-electron chi connectivity index (χ3n) is 2.21. The lowest BCUT2D eigenvalue weighted by Gasteiger charge is -2.07. The lowest BCUT2D eigenvalue weighted by molar-refractivity contribution is -0.117. The molecule has 0 aliphatic rings. The number of rotatable bonds is 4. The van der Waals surface area contributed by atoms with Crippen LogP contribution in [-0.2, 0) is 4.79 Å². The van der Waals surface area contributed by atoms with Crippen molar-refractivity contribution >= 4 is 23.7 Å². The van der Waals surface area contributed by atoms with E-state index in [1.807, 2.05) is 50.4 Å². The third-order valence-corrected chi connectivity index (χ3v) is 2.96. The molecule has 4 heteroatoms. The smallest absolute Gasteiger partial charge is 0.262 e. The maximum Gasteiger partial charge on any atom is 0.262 e. The molecule has 0 aliphatic heterocycles. The molecular formula is C14H16N2OS. The van der Waals surface area contributed by atoms with Crippen LogP contribution in [0.15, 0.2) is 34.7 Å². The highest BCUT2D eigenvalue weighted by Crippen LogP contribution is 2.16. The Kier molecular flexibility index (Phi) is 5.47. The number of amides is 1. The van der Waals surface area contributed by atoms with Gasteiger partial charge in [0.05, 0.1) is 0 Å². The predicted octanol–water partition coefficient (Wildman–Crippen LogP) is 2.84. The molecule has 1 aromatic carbocycles. The minimum absolute atomic E-state index is 0.0214. The second-order valence-electron chi connectivity index (χ2n) is 4.07. The maximum absolute atomic E-state index is 11.7. The fraction of sp³-hybridized carbons (Fsp3) is 0.286. The highest BCUT2D eigenvalue weighted by atomic mass is 32.2. The molecule has 1 amide bonds. The summed E-state index contributed by atoms with van der Waals surface area (Å²) in [6.07, 6.45) is 3.60. The van der Waals surface area contributed by atoms with Gasteiger partial charge in [0.25, 0.3) is 5.91 Å². The number of carbonyl (C=O) groups excluding carboxylic acids is 1. The van der Waals surface area contributed by atoms with Crippen LogP contribution in [0.5, 0.6) is 0 Å². The SMILES string of the molecule is CSc1ccc(/C=C(/C#N)C(=O)NC(C)C)cc1. The second-order valence-corrected chi connectivity index (χ2v) is 4.95. The van der Waals surface area contributed by atoms with Crippen LogP contribution in [-0.4, -0.2) is 18.2 Å². The largest absolute Gasteiger partial charge is 0.349 e. The van der Waals surface area contributed by atoms with E-state index in [0.29, 0.717) is 0 Å². The van der Waals surface area contributed by atoms with E-state index in [0.717, 1.165) is 10.5 Å². The van der Waals surface area contributed by atoms with Gasteiger partial charge in [-0.15, -0.1) is 11.8 Å². The van der Waals surface area contributed by atoms with Gasteiger partial charge in [0.15, 0.2) is 0 Å². The number of thioether (sulfide) groups is 1. The molecule has 0 bridgehead atoms. The lowest BCUT2D eigenvalue weighted by atomic mass is 10.1. The molecule has 0 aromatic heterocycles. The monoisotopic (exact) mass is 260 g/mol. The molecule has 0 saturated carbocycles. The van der Waals surface area contributed by atoms with Gasteiger partial charge in [-0.2, -0.15) is 5.26 Å². The van der Waals surface area contributed by atoms with E-state index in [2.05, 4.69) is 5.32 Å².